The van der Waals surface area contributed by atoms with E-state index in [1.807, 2.05) is 30.3 Å². The average molecular weight is 271 g/mol. The smallest absolute Gasteiger partial charge is 0.244 e. The van der Waals surface area contributed by atoms with Crippen molar-refractivity contribution < 1.29 is 14.3 Å². The second kappa shape index (κ2) is 7.31. The fraction of sp³-hybridized carbons (Fsp3) is 0.188. The highest BCUT2D eigenvalue weighted by Crippen LogP contribution is 2.03. The number of nitrogens with one attached hydrogen (secondary N) is 1. The van der Waals surface area contributed by atoms with E-state index in [1.54, 1.807) is 24.7 Å². The molecular formula is C16H17NO3. The lowest BCUT2D eigenvalue weighted by molar-refractivity contribution is -0.116. The molecule has 1 heterocycles. The standard InChI is InChI=1S/C16H17NO3/c18-15(10-13-4-2-1-3-5-13)11-17-16(19)7-6-14-8-9-20-12-14/h1-9,12,15,18H,10-11H2,(H,17,19)/b7-6+. The molecule has 0 aliphatic carbocycles. The largest absolute Gasteiger partial charge is 0.472 e. The van der Waals surface area contributed by atoms with Crippen LogP contribution < -0.4 is 5.32 Å². The van der Waals surface area contributed by atoms with Gasteiger partial charge in [0.15, 0.2) is 0 Å². The summed E-state index contributed by atoms with van der Waals surface area (Å²) in [7, 11) is 0. The number of carbonyl (C=O) groups excluding carboxylic acids is 1. The topological polar surface area (TPSA) is 62.5 Å². The molecule has 2 rings (SSSR count). The zero-order valence-corrected chi connectivity index (χ0v) is 11.0. The molecular weight excluding hydrogens is 254 g/mol. The number of rotatable bonds is 6. The molecule has 4 heteroatoms. The molecule has 0 radical (unpaired) electrons. The van der Waals surface area contributed by atoms with E-state index < -0.39 is 6.10 Å². The summed E-state index contributed by atoms with van der Waals surface area (Å²) in [4.78, 5) is 11.6. The first kappa shape index (κ1) is 14.1. The predicted molar refractivity (Wildman–Crippen MR) is 76.9 cm³/mol. The van der Waals surface area contributed by atoms with Gasteiger partial charge in [-0.05, 0) is 17.7 Å². The van der Waals surface area contributed by atoms with Crippen molar-refractivity contribution in [2.45, 2.75) is 12.5 Å². The minimum absolute atomic E-state index is 0.226. The highest BCUT2D eigenvalue weighted by atomic mass is 16.3. The van der Waals surface area contributed by atoms with Gasteiger partial charge in [0.2, 0.25) is 5.91 Å². The van der Waals surface area contributed by atoms with Gasteiger partial charge in [0.1, 0.15) is 0 Å². The molecule has 4 nitrogen and oxygen atoms in total. The first-order valence-electron chi connectivity index (χ1n) is 6.44. The van der Waals surface area contributed by atoms with Crippen LogP contribution in [-0.4, -0.2) is 23.7 Å². The van der Waals surface area contributed by atoms with Gasteiger partial charge in [-0.3, -0.25) is 4.79 Å². The Bertz CT molecular complexity index is 546. The van der Waals surface area contributed by atoms with Crippen LogP contribution in [0.5, 0.6) is 0 Å². The summed E-state index contributed by atoms with van der Waals surface area (Å²) in [6.07, 6.45) is 6.09. The van der Waals surface area contributed by atoms with Gasteiger partial charge in [0.25, 0.3) is 0 Å². The molecule has 0 aliphatic heterocycles. The number of furan rings is 1. The Balaban J connectivity index is 1.73. The molecule has 0 saturated heterocycles. The van der Waals surface area contributed by atoms with E-state index in [0.717, 1.165) is 11.1 Å². The average Bonchev–Trinajstić information content (AvgIpc) is 2.97. The van der Waals surface area contributed by atoms with Crippen molar-refractivity contribution in [1.82, 2.24) is 5.32 Å². The lowest BCUT2D eigenvalue weighted by Gasteiger charge is -2.10. The number of carbonyl (C=O) groups is 1. The fourth-order valence-electron chi connectivity index (χ4n) is 1.78. The van der Waals surface area contributed by atoms with E-state index >= 15 is 0 Å². The summed E-state index contributed by atoms with van der Waals surface area (Å²) in [6, 6.07) is 11.4. The molecule has 1 amide bonds. The van der Waals surface area contributed by atoms with Gasteiger partial charge in [-0.15, -0.1) is 0 Å². The summed E-state index contributed by atoms with van der Waals surface area (Å²) >= 11 is 0. The third kappa shape index (κ3) is 4.74. The van der Waals surface area contributed by atoms with Gasteiger partial charge in [-0.25, -0.2) is 0 Å². The molecule has 1 aromatic carbocycles. The maximum atomic E-state index is 11.6. The van der Waals surface area contributed by atoms with Crippen LogP contribution in [0.15, 0.2) is 59.4 Å². The van der Waals surface area contributed by atoms with E-state index in [2.05, 4.69) is 5.32 Å². The summed E-state index contributed by atoms with van der Waals surface area (Å²) in [5, 5.41) is 12.5. The van der Waals surface area contributed by atoms with Crippen molar-refractivity contribution in [2.75, 3.05) is 6.54 Å². The van der Waals surface area contributed by atoms with Crippen LogP contribution in [0.25, 0.3) is 6.08 Å². The number of hydrogen-bond donors (Lipinski definition) is 2. The zero-order chi connectivity index (χ0) is 14.2. The van der Waals surface area contributed by atoms with Gasteiger partial charge in [-0.1, -0.05) is 30.3 Å². The third-order valence-corrected chi connectivity index (χ3v) is 2.80. The van der Waals surface area contributed by atoms with Crippen molar-refractivity contribution in [3.05, 3.63) is 66.1 Å². The molecule has 2 N–H and O–H groups in total. The lowest BCUT2D eigenvalue weighted by atomic mass is 10.1. The molecule has 0 fully saturated rings. The molecule has 104 valence electrons. The normalized spacial score (nSPS) is 12.4. The minimum Gasteiger partial charge on any atom is -0.472 e. The Morgan fingerprint density at radius 1 is 1.30 bits per heavy atom. The van der Waals surface area contributed by atoms with Gasteiger partial charge >= 0.3 is 0 Å². The summed E-state index contributed by atoms with van der Waals surface area (Å²) in [5.74, 6) is -0.238. The SMILES string of the molecule is O=C(/C=C/c1ccoc1)NCC(O)Cc1ccccc1. The van der Waals surface area contributed by atoms with E-state index in [9.17, 15) is 9.90 Å². The summed E-state index contributed by atoms with van der Waals surface area (Å²) in [5.41, 5.74) is 1.87. The molecule has 0 saturated carbocycles. The van der Waals surface area contributed by atoms with Crippen LogP contribution in [0, 0.1) is 0 Å². The Morgan fingerprint density at radius 2 is 2.10 bits per heavy atom. The number of hydrogen-bond acceptors (Lipinski definition) is 3. The van der Waals surface area contributed by atoms with Crippen LogP contribution in [0.2, 0.25) is 0 Å². The molecule has 0 spiro atoms. The molecule has 20 heavy (non-hydrogen) atoms. The number of aliphatic hydroxyl groups excluding tert-OH is 1. The van der Waals surface area contributed by atoms with Crippen molar-refractivity contribution in [3.63, 3.8) is 0 Å². The van der Waals surface area contributed by atoms with Crippen LogP contribution in [-0.2, 0) is 11.2 Å². The summed E-state index contributed by atoms with van der Waals surface area (Å²) < 4.78 is 4.89. The van der Waals surface area contributed by atoms with E-state index in [0.29, 0.717) is 6.42 Å². The van der Waals surface area contributed by atoms with Crippen molar-refractivity contribution in [1.29, 1.82) is 0 Å². The first-order valence-corrected chi connectivity index (χ1v) is 6.44. The first-order chi connectivity index (χ1) is 9.74. The minimum atomic E-state index is -0.594. The van der Waals surface area contributed by atoms with Gasteiger partial charge in [0, 0.05) is 24.6 Å². The van der Waals surface area contributed by atoms with E-state index in [-0.39, 0.29) is 12.5 Å². The second-order valence-electron chi connectivity index (χ2n) is 4.48. The van der Waals surface area contributed by atoms with Gasteiger partial charge < -0.3 is 14.8 Å². The highest BCUT2D eigenvalue weighted by Gasteiger charge is 2.06. The second-order valence-corrected chi connectivity index (χ2v) is 4.48. The maximum absolute atomic E-state index is 11.6. The number of benzene rings is 1. The van der Waals surface area contributed by atoms with Gasteiger partial charge in [-0.2, -0.15) is 0 Å². The van der Waals surface area contributed by atoms with E-state index in [1.165, 1.54) is 6.08 Å². The van der Waals surface area contributed by atoms with Crippen molar-refractivity contribution >= 4 is 12.0 Å². The van der Waals surface area contributed by atoms with Gasteiger partial charge in [0.05, 0.1) is 18.6 Å². The Morgan fingerprint density at radius 3 is 2.80 bits per heavy atom. The fourth-order valence-corrected chi connectivity index (χ4v) is 1.78. The predicted octanol–water partition coefficient (Wildman–Crippen LogP) is 2.01. The quantitative estimate of drug-likeness (QED) is 0.790. The lowest BCUT2D eigenvalue weighted by Crippen LogP contribution is -2.32. The van der Waals surface area contributed by atoms with Crippen LogP contribution >= 0.6 is 0 Å². The van der Waals surface area contributed by atoms with Crippen LogP contribution in [0.3, 0.4) is 0 Å². The Kier molecular flexibility index (Phi) is 5.15. The number of aliphatic hydroxyl groups is 1. The van der Waals surface area contributed by atoms with Crippen LogP contribution in [0.1, 0.15) is 11.1 Å². The molecule has 1 atom stereocenters. The molecule has 2 aromatic rings. The molecule has 0 bridgehead atoms. The van der Waals surface area contributed by atoms with E-state index in [4.69, 9.17) is 4.42 Å². The maximum Gasteiger partial charge on any atom is 0.244 e. The van der Waals surface area contributed by atoms with Crippen molar-refractivity contribution in [3.8, 4) is 0 Å². The molecule has 0 aliphatic rings. The monoisotopic (exact) mass is 271 g/mol. The Hall–Kier alpha value is -2.33. The molecule has 1 unspecified atom stereocenters. The molecule has 1 aromatic heterocycles. The number of amides is 1. The van der Waals surface area contributed by atoms with Crippen molar-refractivity contribution in [2.24, 2.45) is 0 Å². The third-order valence-electron chi connectivity index (χ3n) is 2.80. The highest BCUT2D eigenvalue weighted by molar-refractivity contribution is 5.91. The summed E-state index contributed by atoms with van der Waals surface area (Å²) in [6.45, 7) is 0.226. The zero-order valence-electron chi connectivity index (χ0n) is 11.0. The Labute approximate surface area is 117 Å². The van der Waals surface area contributed by atoms with Crippen LogP contribution in [0.4, 0.5) is 0 Å².